The number of nitrogen functional groups attached to an aromatic ring is 1. The van der Waals surface area contributed by atoms with Crippen LogP contribution in [0.5, 0.6) is 5.75 Å². The molecule has 51 heavy (non-hydrogen) atoms. The van der Waals surface area contributed by atoms with Crippen molar-refractivity contribution in [3.63, 3.8) is 0 Å². The first-order valence-corrected chi connectivity index (χ1v) is 18.0. The van der Waals surface area contributed by atoms with Gasteiger partial charge in [0.15, 0.2) is 17.7 Å². The second-order valence-electron chi connectivity index (χ2n) is 11.0. The van der Waals surface area contributed by atoms with Crippen molar-refractivity contribution in [1.82, 2.24) is 4.98 Å². The lowest BCUT2D eigenvalue weighted by molar-refractivity contribution is 0.462. The van der Waals surface area contributed by atoms with Gasteiger partial charge in [-0.1, -0.05) is 84.9 Å². The standard InChI is InChI=1S/C19H13FN2O3S.C18H15FN2O3S/c20-15-11-14(13-5-2-1-3-6-13)9-10-16(15)22-26(23,24)18-8-4-7-17-19(18)25-12-21-17;19-14-11-13(12-5-2-1-3-6-12)9-10-16(14)21-25(23,24)17-8-4-7-15(20)18(17)22/h1-12,22H;1-11,21-22H,20H2. The van der Waals surface area contributed by atoms with Crippen LogP contribution in [0.4, 0.5) is 25.8 Å². The van der Waals surface area contributed by atoms with Crippen LogP contribution in [-0.2, 0) is 20.0 Å². The molecule has 0 aliphatic heterocycles. The van der Waals surface area contributed by atoms with Gasteiger partial charge in [0.1, 0.15) is 26.9 Å². The van der Waals surface area contributed by atoms with Crippen molar-refractivity contribution < 1.29 is 35.1 Å². The van der Waals surface area contributed by atoms with Gasteiger partial charge in [-0.05, 0) is 70.8 Å². The molecule has 0 spiro atoms. The number of phenols is 1. The molecule has 0 aliphatic rings. The highest BCUT2D eigenvalue weighted by Gasteiger charge is 2.23. The predicted octanol–water partition coefficient (Wildman–Crippen LogP) is 8.02. The van der Waals surface area contributed by atoms with E-state index < -0.39 is 42.3 Å². The number of rotatable bonds is 8. The first-order valence-electron chi connectivity index (χ1n) is 15.1. The first kappa shape index (κ1) is 34.6. The molecule has 0 aliphatic carbocycles. The van der Waals surface area contributed by atoms with Crippen LogP contribution >= 0.6 is 0 Å². The molecule has 0 saturated carbocycles. The minimum Gasteiger partial charge on any atom is -0.504 e. The molecule has 14 heteroatoms. The smallest absolute Gasteiger partial charge is 0.265 e. The molecule has 5 N–H and O–H groups in total. The van der Waals surface area contributed by atoms with Crippen molar-refractivity contribution in [3.8, 4) is 28.0 Å². The van der Waals surface area contributed by atoms with Crippen LogP contribution in [0.3, 0.4) is 0 Å². The number of nitrogens with two attached hydrogens (primary N) is 1. The lowest BCUT2D eigenvalue weighted by atomic mass is 10.1. The zero-order valence-electron chi connectivity index (χ0n) is 26.4. The van der Waals surface area contributed by atoms with E-state index in [0.717, 1.165) is 11.1 Å². The topological polar surface area (TPSA) is 165 Å². The van der Waals surface area contributed by atoms with E-state index in [4.69, 9.17) is 10.2 Å². The summed E-state index contributed by atoms with van der Waals surface area (Å²) in [4.78, 5) is 3.41. The summed E-state index contributed by atoms with van der Waals surface area (Å²) in [7, 11) is -8.22. The number of oxazole rings is 1. The van der Waals surface area contributed by atoms with Gasteiger partial charge in [0.25, 0.3) is 20.0 Å². The number of aromatic nitrogens is 1. The minimum atomic E-state index is -4.19. The number of hydrogen-bond acceptors (Lipinski definition) is 8. The van der Waals surface area contributed by atoms with Gasteiger partial charge in [-0.3, -0.25) is 9.44 Å². The molecule has 0 amide bonds. The molecule has 7 aromatic rings. The van der Waals surface area contributed by atoms with Crippen LogP contribution < -0.4 is 15.2 Å². The van der Waals surface area contributed by atoms with Gasteiger partial charge in [-0.25, -0.2) is 30.6 Å². The predicted molar refractivity (Wildman–Crippen MR) is 192 cm³/mol. The molecular weight excluding hydrogens is 699 g/mol. The summed E-state index contributed by atoms with van der Waals surface area (Å²) in [5.41, 5.74) is 8.53. The van der Waals surface area contributed by atoms with Crippen LogP contribution in [0.1, 0.15) is 0 Å². The Labute approximate surface area is 292 Å². The normalized spacial score (nSPS) is 11.4. The number of phenolic OH excluding ortho intramolecular Hbond substituents is 1. The number of halogens is 2. The van der Waals surface area contributed by atoms with Crippen LogP contribution in [0, 0.1) is 11.6 Å². The van der Waals surface area contributed by atoms with Gasteiger partial charge in [-0.2, -0.15) is 0 Å². The summed E-state index contributed by atoms with van der Waals surface area (Å²) in [5.74, 6) is -1.97. The summed E-state index contributed by atoms with van der Waals surface area (Å²) in [6, 6.07) is 35.4. The highest BCUT2D eigenvalue weighted by Crippen LogP contribution is 2.32. The number of nitrogens with one attached hydrogen (secondary N) is 2. The Balaban J connectivity index is 0.000000176. The summed E-state index contributed by atoms with van der Waals surface area (Å²) in [6.45, 7) is 0. The van der Waals surface area contributed by atoms with Gasteiger partial charge in [0, 0.05) is 0 Å². The number of benzene rings is 6. The summed E-state index contributed by atoms with van der Waals surface area (Å²) in [5, 5.41) is 9.84. The summed E-state index contributed by atoms with van der Waals surface area (Å²) < 4.78 is 88.5. The number of para-hydroxylation sites is 2. The second kappa shape index (κ2) is 14.3. The van der Waals surface area contributed by atoms with Crippen LogP contribution in [0.25, 0.3) is 33.4 Å². The molecule has 10 nitrogen and oxygen atoms in total. The third-order valence-electron chi connectivity index (χ3n) is 7.57. The quantitative estimate of drug-likeness (QED) is 0.0903. The Hall–Kier alpha value is -6.25. The molecule has 7 rings (SSSR count). The maximum Gasteiger partial charge on any atom is 0.265 e. The monoisotopic (exact) mass is 726 g/mol. The van der Waals surface area contributed by atoms with Crippen molar-refractivity contribution in [2.75, 3.05) is 15.2 Å². The zero-order valence-corrected chi connectivity index (χ0v) is 28.0. The largest absolute Gasteiger partial charge is 0.504 e. The van der Waals surface area contributed by atoms with Gasteiger partial charge < -0.3 is 15.3 Å². The number of sulfonamides is 2. The molecule has 0 atom stereocenters. The number of fused-ring (bicyclic) bond motifs is 1. The number of aromatic hydroxyl groups is 1. The Bertz CT molecular complexity index is 2570. The average molecular weight is 727 g/mol. The van der Waals surface area contributed by atoms with E-state index in [1.807, 2.05) is 60.7 Å². The van der Waals surface area contributed by atoms with Gasteiger partial charge in [-0.15, -0.1) is 0 Å². The van der Waals surface area contributed by atoms with Crippen molar-refractivity contribution in [2.45, 2.75) is 9.79 Å². The molecule has 0 unspecified atom stereocenters. The number of nitrogens with zero attached hydrogens (tertiary/aromatic N) is 1. The Kier molecular flexibility index (Phi) is 9.71. The third kappa shape index (κ3) is 7.66. The Morgan fingerprint density at radius 1 is 0.588 bits per heavy atom. The summed E-state index contributed by atoms with van der Waals surface area (Å²) >= 11 is 0. The van der Waals surface area contributed by atoms with Crippen LogP contribution in [-0.4, -0.2) is 26.9 Å². The average Bonchev–Trinajstić information content (AvgIpc) is 3.61. The zero-order chi connectivity index (χ0) is 36.2. The first-order chi connectivity index (χ1) is 24.4. The Morgan fingerprint density at radius 3 is 1.61 bits per heavy atom. The molecule has 1 heterocycles. The lowest BCUT2D eigenvalue weighted by Crippen LogP contribution is -2.14. The van der Waals surface area contributed by atoms with E-state index in [2.05, 4.69) is 14.4 Å². The molecule has 258 valence electrons. The number of hydrogen-bond donors (Lipinski definition) is 4. The van der Waals surface area contributed by atoms with E-state index in [0.29, 0.717) is 16.6 Å². The van der Waals surface area contributed by atoms with Crippen LogP contribution in [0.15, 0.2) is 154 Å². The third-order valence-corrected chi connectivity index (χ3v) is 10.4. The fourth-order valence-corrected chi connectivity index (χ4v) is 7.46. The SMILES string of the molecule is Nc1cccc(S(=O)(=O)Nc2ccc(-c3ccccc3)cc2F)c1O.O=S(=O)(Nc1ccc(-c2ccccc2)cc1F)c1cccc2ncoc12. The number of anilines is 3. The molecule has 0 saturated heterocycles. The maximum absolute atomic E-state index is 14.5. The minimum absolute atomic E-state index is 0.0808. The summed E-state index contributed by atoms with van der Waals surface area (Å²) in [6.07, 6.45) is 1.17. The van der Waals surface area contributed by atoms with Crippen molar-refractivity contribution in [2.24, 2.45) is 0 Å². The van der Waals surface area contributed by atoms with E-state index in [-0.39, 0.29) is 27.5 Å². The van der Waals surface area contributed by atoms with E-state index in [9.17, 15) is 30.7 Å². The fraction of sp³-hybridized carbons (Fsp3) is 0. The maximum atomic E-state index is 14.5. The van der Waals surface area contributed by atoms with E-state index >= 15 is 0 Å². The Morgan fingerprint density at radius 2 is 1.08 bits per heavy atom. The molecule has 1 aromatic heterocycles. The highest BCUT2D eigenvalue weighted by molar-refractivity contribution is 7.93. The van der Waals surface area contributed by atoms with E-state index in [1.165, 1.54) is 54.9 Å². The van der Waals surface area contributed by atoms with Crippen LogP contribution in [0.2, 0.25) is 0 Å². The van der Waals surface area contributed by atoms with E-state index in [1.54, 1.807) is 24.3 Å². The lowest BCUT2D eigenvalue weighted by Gasteiger charge is -2.12. The van der Waals surface area contributed by atoms with Crippen molar-refractivity contribution in [1.29, 1.82) is 0 Å². The van der Waals surface area contributed by atoms with Crippen molar-refractivity contribution >= 4 is 48.2 Å². The fourth-order valence-electron chi connectivity index (χ4n) is 5.04. The molecule has 0 radical (unpaired) electrons. The second-order valence-corrected chi connectivity index (χ2v) is 14.3. The molecule has 0 fully saturated rings. The molecule has 6 aromatic carbocycles. The highest BCUT2D eigenvalue weighted by atomic mass is 32.2. The van der Waals surface area contributed by atoms with Crippen molar-refractivity contribution in [3.05, 3.63) is 151 Å². The van der Waals surface area contributed by atoms with Gasteiger partial charge >= 0.3 is 0 Å². The molecular formula is C37H28F2N4O6S2. The molecule has 0 bridgehead atoms. The van der Waals surface area contributed by atoms with Gasteiger partial charge in [0.2, 0.25) is 0 Å². The van der Waals surface area contributed by atoms with Gasteiger partial charge in [0.05, 0.1) is 17.1 Å².